The van der Waals surface area contributed by atoms with Gasteiger partial charge in [0.05, 0.1) is 6.04 Å². The van der Waals surface area contributed by atoms with E-state index in [1.54, 1.807) is 0 Å². The fourth-order valence-electron chi connectivity index (χ4n) is 3.85. The molecule has 0 aromatic heterocycles. The minimum Gasteiger partial charge on any atom is -0.396 e. The molecule has 6 heteroatoms. The lowest BCUT2D eigenvalue weighted by molar-refractivity contribution is -0.119. The number of nitrogens with zero attached hydrogens (tertiary/aromatic N) is 1. The van der Waals surface area contributed by atoms with Gasteiger partial charge >= 0.3 is 0 Å². The Labute approximate surface area is 155 Å². The van der Waals surface area contributed by atoms with Gasteiger partial charge < -0.3 is 20.9 Å². The number of ether oxygens (including phenoxy) is 1. The molecule has 2 heterocycles. The van der Waals surface area contributed by atoms with Gasteiger partial charge in [-0.25, -0.2) is 0 Å². The van der Waals surface area contributed by atoms with Crippen molar-refractivity contribution in [3.63, 3.8) is 0 Å². The van der Waals surface area contributed by atoms with E-state index in [-0.39, 0.29) is 11.8 Å². The lowest BCUT2D eigenvalue weighted by Crippen LogP contribution is -2.44. The van der Waals surface area contributed by atoms with Crippen molar-refractivity contribution in [3.05, 3.63) is 29.8 Å². The lowest BCUT2D eigenvalue weighted by atomic mass is 9.92. The van der Waals surface area contributed by atoms with Crippen LogP contribution in [0.15, 0.2) is 24.3 Å². The Kier molecular flexibility index (Phi) is 7.02. The summed E-state index contributed by atoms with van der Waals surface area (Å²) in [5.41, 5.74) is 8.15. The molecule has 144 valence electrons. The average Bonchev–Trinajstić information content (AvgIpc) is 2.69. The molecule has 1 unspecified atom stereocenters. The number of carbonyl (C=O) groups excluding carboxylic acids is 1. The topological polar surface area (TPSA) is 87.8 Å². The second-order valence-corrected chi connectivity index (χ2v) is 7.57. The monoisotopic (exact) mass is 361 g/mol. The van der Waals surface area contributed by atoms with Crippen LogP contribution in [0.25, 0.3) is 0 Å². The first-order valence-corrected chi connectivity index (χ1v) is 9.72. The predicted octanol–water partition coefficient (Wildman–Crippen LogP) is 1.58. The summed E-state index contributed by atoms with van der Waals surface area (Å²) >= 11 is 0. The van der Waals surface area contributed by atoms with E-state index < -0.39 is 6.04 Å². The second kappa shape index (κ2) is 9.46. The molecule has 0 bridgehead atoms. The molecule has 0 saturated carbocycles. The maximum Gasteiger partial charge on any atom is 0.241 e. The number of aliphatic hydroxyl groups is 1. The molecule has 4 N–H and O–H groups in total. The number of benzene rings is 1. The first-order valence-electron chi connectivity index (χ1n) is 9.72. The molecule has 1 aromatic carbocycles. The number of anilines is 1. The van der Waals surface area contributed by atoms with E-state index >= 15 is 0 Å². The van der Waals surface area contributed by atoms with Crippen LogP contribution in [0.4, 0.5) is 5.69 Å². The molecule has 2 aliphatic heterocycles. The van der Waals surface area contributed by atoms with E-state index in [1.807, 2.05) is 18.2 Å². The summed E-state index contributed by atoms with van der Waals surface area (Å²) < 4.78 is 5.34. The van der Waals surface area contributed by atoms with Crippen LogP contribution in [-0.4, -0.2) is 54.9 Å². The number of hydrogen-bond donors (Lipinski definition) is 3. The molecule has 6 nitrogen and oxygen atoms in total. The van der Waals surface area contributed by atoms with Crippen molar-refractivity contribution < 1.29 is 14.6 Å². The van der Waals surface area contributed by atoms with E-state index in [4.69, 9.17) is 10.5 Å². The fraction of sp³-hybridized carbons (Fsp3) is 0.650. The normalized spacial score (nSPS) is 21.5. The third-order valence-electron chi connectivity index (χ3n) is 5.64. The molecule has 1 amide bonds. The Bertz CT molecular complexity index is 581. The zero-order chi connectivity index (χ0) is 18.4. The molecule has 2 saturated heterocycles. The van der Waals surface area contributed by atoms with E-state index in [9.17, 15) is 9.90 Å². The third kappa shape index (κ3) is 5.27. The summed E-state index contributed by atoms with van der Waals surface area (Å²) in [6, 6.07) is 7.53. The number of nitrogens with two attached hydrogens (primary N) is 1. The number of hydrogen-bond acceptors (Lipinski definition) is 5. The van der Waals surface area contributed by atoms with Crippen LogP contribution >= 0.6 is 0 Å². The van der Waals surface area contributed by atoms with Crippen molar-refractivity contribution in [2.75, 3.05) is 38.2 Å². The highest BCUT2D eigenvalue weighted by atomic mass is 16.5. The number of amides is 1. The van der Waals surface area contributed by atoms with Crippen LogP contribution in [-0.2, 0) is 16.1 Å². The van der Waals surface area contributed by atoms with Crippen molar-refractivity contribution in [3.8, 4) is 0 Å². The largest absolute Gasteiger partial charge is 0.396 e. The zero-order valence-corrected chi connectivity index (χ0v) is 15.4. The van der Waals surface area contributed by atoms with Crippen LogP contribution in [0.1, 0.15) is 31.2 Å². The number of piperidine rings is 1. The summed E-state index contributed by atoms with van der Waals surface area (Å²) in [5, 5.41) is 12.2. The smallest absolute Gasteiger partial charge is 0.241 e. The highest BCUT2D eigenvalue weighted by Crippen LogP contribution is 2.21. The van der Waals surface area contributed by atoms with E-state index in [1.165, 1.54) is 5.56 Å². The van der Waals surface area contributed by atoms with Crippen LogP contribution in [0, 0.1) is 11.8 Å². The van der Waals surface area contributed by atoms with Gasteiger partial charge in [0.25, 0.3) is 0 Å². The standard InChI is InChI=1S/C20H31N3O3/c21-19(17-6-10-26-11-7-17)20(25)22-18-3-1-2-16(12-18)13-23-8-4-15(14-24)5-9-23/h1-3,12,15,17,19,24H,4-11,13-14,21H2,(H,22,25). The number of rotatable bonds is 6. The first kappa shape index (κ1) is 19.3. The summed E-state index contributed by atoms with van der Waals surface area (Å²) in [4.78, 5) is 14.9. The summed E-state index contributed by atoms with van der Waals surface area (Å²) in [5.74, 6) is 0.529. The maximum absolute atomic E-state index is 12.5. The van der Waals surface area contributed by atoms with Gasteiger partial charge in [-0.05, 0) is 68.3 Å². The van der Waals surface area contributed by atoms with Gasteiger partial charge in [0, 0.05) is 32.1 Å². The molecule has 1 atom stereocenters. The first-order chi connectivity index (χ1) is 12.7. The Morgan fingerprint density at radius 3 is 2.69 bits per heavy atom. The van der Waals surface area contributed by atoms with Crippen molar-refractivity contribution in [2.45, 2.75) is 38.3 Å². The van der Waals surface area contributed by atoms with Crippen molar-refractivity contribution in [2.24, 2.45) is 17.6 Å². The Morgan fingerprint density at radius 2 is 2.00 bits per heavy atom. The van der Waals surface area contributed by atoms with Crippen LogP contribution in [0.2, 0.25) is 0 Å². The van der Waals surface area contributed by atoms with Crippen LogP contribution < -0.4 is 11.1 Å². The SMILES string of the molecule is NC(C(=O)Nc1cccc(CN2CCC(CO)CC2)c1)C1CCOCC1. The Hall–Kier alpha value is -1.47. The highest BCUT2D eigenvalue weighted by Gasteiger charge is 2.26. The molecule has 3 rings (SSSR count). The predicted molar refractivity (Wildman–Crippen MR) is 102 cm³/mol. The number of likely N-dealkylation sites (tertiary alicyclic amines) is 1. The summed E-state index contributed by atoms with van der Waals surface area (Å²) in [6.07, 6.45) is 3.79. The molecule has 2 fully saturated rings. The maximum atomic E-state index is 12.5. The van der Waals surface area contributed by atoms with E-state index in [0.29, 0.717) is 25.7 Å². The van der Waals surface area contributed by atoms with Gasteiger partial charge in [0.1, 0.15) is 0 Å². The molecule has 0 aliphatic carbocycles. The van der Waals surface area contributed by atoms with Gasteiger partial charge in [-0.2, -0.15) is 0 Å². The van der Waals surface area contributed by atoms with Crippen molar-refractivity contribution in [1.82, 2.24) is 4.90 Å². The number of nitrogens with one attached hydrogen (secondary N) is 1. The van der Waals surface area contributed by atoms with Gasteiger partial charge in [-0.1, -0.05) is 12.1 Å². The minimum atomic E-state index is -0.486. The molecule has 0 radical (unpaired) electrons. The molecule has 2 aliphatic rings. The van der Waals surface area contributed by atoms with Crippen molar-refractivity contribution in [1.29, 1.82) is 0 Å². The summed E-state index contributed by atoms with van der Waals surface area (Å²) in [6.45, 7) is 4.56. The number of carbonyl (C=O) groups is 1. The summed E-state index contributed by atoms with van der Waals surface area (Å²) in [7, 11) is 0. The number of aliphatic hydroxyl groups excluding tert-OH is 1. The molecule has 0 spiro atoms. The van der Waals surface area contributed by atoms with Crippen LogP contribution in [0.5, 0.6) is 0 Å². The lowest BCUT2D eigenvalue weighted by Gasteiger charge is -2.31. The Morgan fingerprint density at radius 1 is 1.27 bits per heavy atom. The molecule has 1 aromatic rings. The van der Waals surface area contributed by atoms with Gasteiger partial charge in [-0.15, -0.1) is 0 Å². The van der Waals surface area contributed by atoms with Crippen molar-refractivity contribution >= 4 is 11.6 Å². The second-order valence-electron chi connectivity index (χ2n) is 7.57. The highest BCUT2D eigenvalue weighted by molar-refractivity contribution is 5.94. The Balaban J connectivity index is 1.52. The molecular weight excluding hydrogens is 330 g/mol. The third-order valence-corrected chi connectivity index (χ3v) is 5.64. The average molecular weight is 361 g/mol. The fourth-order valence-corrected chi connectivity index (χ4v) is 3.85. The molecule has 26 heavy (non-hydrogen) atoms. The van der Waals surface area contributed by atoms with Gasteiger partial charge in [0.2, 0.25) is 5.91 Å². The van der Waals surface area contributed by atoms with E-state index in [2.05, 4.69) is 16.3 Å². The van der Waals surface area contributed by atoms with Gasteiger partial charge in [0.15, 0.2) is 0 Å². The molecular formula is C20H31N3O3. The quantitative estimate of drug-likeness (QED) is 0.716. The van der Waals surface area contributed by atoms with E-state index in [0.717, 1.165) is 51.0 Å². The minimum absolute atomic E-state index is 0.113. The van der Waals surface area contributed by atoms with Crippen LogP contribution in [0.3, 0.4) is 0 Å². The van der Waals surface area contributed by atoms with Gasteiger partial charge in [-0.3, -0.25) is 9.69 Å². The zero-order valence-electron chi connectivity index (χ0n) is 15.4.